The van der Waals surface area contributed by atoms with E-state index in [0.29, 0.717) is 23.6 Å². The fraction of sp³-hybridized carbons (Fsp3) is 0.500. The van der Waals surface area contributed by atoms with Crippen LogP contribution in [0.4, 0.5) is 0 Å². The van der Waals surface area contributed by atoms with Gasteiger partial charge in [-0.05, 0) is 37.9 Å². The fourth-order valence-electron chi connectivity index (χ4n) is 2.52. The number of rotatable bonds is 5. The summed E-state index contributed by atoms with van der Waals surface area (Å²) >= 11 is 0. The molecule has 1 aliphatic rings. The van der Waals surface area contributed by atoms with Crippen LogP contribution in [0.2, 0.25) is 0 Å². The molecule has 1 fully saturated rings. The van der Waals surface area contributed by atoms with Crippen molar-refractivity contribution in [1.82, 2.24) is 4.90 Å². The van der Waals surface area contributed by atoms with Crippen molar-refractivity contribution in [3.8, 4) is 6.07 Å². The Kier molecular flexibility index (Phi) is 5.28. The summed E-state index contributed by atoms with van der Waals surface area (Å²) in [5.74, 6) is 0.622. The monoisotopic (exact) mass is 272 g/mol. The number of hydrogen-bond donors (Lipinski definition) is 0. The summed E-state index contributed by atoms with van der Waals surface area (Å²) in [5.41, 5.74) is 1.24. The summed E-state index contributed by atoms with van der Waals surface area (Å²) in [5, 5.41) is 8.74. The van der Waals surface area contributed by atoms with Gasteiger partial charge in [0.2, 0.25) is 0 Å². The number of ether oxygens (including phenoxy) is 1. The molecule has 4 nitrogen and oxygen atoms in total. The van der Waals surface area contributed by atoms with Gasteiger partial charge in [-0.2, -0.15) is 5.26 Å². The van der Waals surface area contributed by atoms with Crippen LogP contribution in [0.25, 0.3) is 0 Å². The van der Waals surface area contributed by atoms with Gasteiger partial charge in [0.15, 0.2) is 5.78 Å². The number of nitriles is 1. The first-order valence-corrected chi connectivity index (χ1v) is 6.98. The van der Waals surface area contributed by atoms with Crippen molar-refractivity contribution in [3.05, 3.63) is 35.4 Å². The second-order valence-electron chi connectivity index (χ2n) is 5.39. The zero-order chi connectivity index (χ0) is 14.4. The third-order valence-electron chi connectivity index (χ3n) is 3.57. The third-order valence-corrected chi connectivity index (χ3v) is 3.57. The second-order valence-corrected chi connectivity index (χ2v) is 5.39. The summed E-state index contributed by atoms with van der Waals surface area (Å²) in [6.45, 7) is 2.96. The van der Waals surface area contributed by atoms with E-state index in [2.05, 4.69) is 11.0 Å². The Hall–Kier alpha value is -1.70. The van der Waals surface area contributed by atoms with E-state index in [1.54, 1.807) is 24.3 Å². The first kappa shape index (κ1) is 14.7. The molecule has 1 saturated heterocycles. The molecule has 1 heterocycles. The Bertz CT molecular complexity index is 484. The van der Waals surface area contributed by atoms with Crippen molar-refractivity contribution in [2.45, 2.75) is 12.8 Å². The van der Waals surface area contributed by atoms with Crippen LogP contribution in [0.3, 0.4) is 0 Å². The van der Waals surface area contributed by atoms with Gasteiger partial charge in [0, 0.05) is 18.7 Å². The molecule has 0 aliphatic carbocycles. The molecule has 4 heteroatoms. The van der Waals surface area contributed by atoms with Gasteiger partial charge >= 0.3 is 0 Å². The summed E-state index contributed by atoms with van der Waals surface area (Å²) < 4.78 is 5.46. The molecule has 0 radical (unpaired) electrons. The van der Waals surface area contributed by atoms with Crippen LogP contribution in [0, 0.1) is 17.2 Å². The van der Waals surface area contributed by atoms with Crippen LogP contribution >= 0.6 is 0 Å². The summed E-state index contributed by atoms with van der Waals surface area (Å²) in [6, 6.07) is 8.86. The van der Waals surface area contributed by atoms with Crippen molar-refractivity contribution >= 4 is 5.78 Å². The molecular formula is C16H20N2O2. The van der Waals surface area contributed by atoms with E-state index in [0.717, 1.165) is 26.2 Å². The van der Waals surface area contributed by atoms with E-state index in [9.17, 15) is 4.79 Å². The highest BCUT2D eigenvalue weighted by Gasteiger charge is 2.17. The zero-order valence-electron chi connectivity index (χ0n) is 11.8. The minimum Gasteiger partial charge on any atom is -0.381 e. The van der Waals surface area contributed by atoms with Gasteiger partial charge in [-0.3, -0.25) is 9.69 Å². The second kappa shape index (κ2) is 7.18. The van der Waals surface area contributed by atoms with Gasteiger partial charge in [0.05, 0.1) is 24.8 Å². The average Bonchev–Trinajstić information content (AvgIpc) is 2.48. The predicted molar refractivity (Wildman–Crippen MR) is 76.5 cm³/mol. The number of hydrogen-bond acceptors (Lipinski definition) is 4. The lowest BCUT2D eigenvalue weighted by Gasteiger charge is -2.26. The minimum atomic E-state index is 0.0914. The number of ketones is 1. The van der Waals surface area contributed by atoms with Gasteiger partial charge in [0.25, 0.3) is 0 Å². The van der Waals surface area contributed by atoms with Gasteiger partial charge in [0.1, 0.15) is 0 Å². The molecule has 0 spiro atoms. The van der Waals surface area contributed by atoms with Crippen molar-refractivity contribution in [2.75, 3.05) is 33.4 Å². The lowest BCUT2D eigenvalue weighted by molar-refractivity contribution is 0.0416. The number of benzene rings is 1. The fourth-order valence-corrected chi connectivity index (χ4v) is 2.52. The highest BCUT2D eigenvalue weighted by molar-refractivity contribution is 5.97. The molecule has 0 bridgehead atoms. The number of carbonyl (C=O) groups is 1. The first-order valence-electron chi connectivity index (χ1n) is 6.98. The van der Waals surface area contributed by atoms with Crippen molar-refractivity contribution in [2.24, 2.45) is 5.92 Å². The molecule has 1 unspecified atom stereocenters. The Labute approximate surface area is 120 Å². The highest BCUT2D eigenvalue weighted by atomic mass is 16.5. The van der Waals surface area contributed by atoms with Crippen molar-refractivity contribution in [1.29, 1.82) is 5.26 Å². The standard InChI is InChI=1S/C16H20N2O2/c1-18(10-14-3-2-8-20-12-14)11-16(19)15-6-4-13(9-17)5-7-15/h4-7,14H,2-3,8,10-12H2,1H3. The zero-order valence-corrected chi connectivity index (χ0v) is 11.8. The van der Waals surface area contributed by atoms with E-state index in [4.69, 9.17) is 10.00 Å². The molecule has 0 N–H and O–H groups in total. The molecule has 20 heavy (non-hydrogen) atoms. The Morgan fingerprint density at radius 2 is 2.20 bits per heavy atom. The Morgan fingerprint density at radius 1 is 1.45 bits per heavy atom. The predicted octanol–water partition coefficient (Wildman–Crippen LogP) is 2.10. The lowest BCUT2D eigenvalue weighted by atomic mass is 10.0. The maximum absolute atomic E-state index is 12.1. The van der Waals surface area contributed by atoms with Crippen LogP contribution < -0.4 is 0 Å². The van der Waals surface area contributed by atoms with Crippen molar-refractivity contribution in [3.63, 3.8) is 0 Å². The summed E-state index contributed by atoms with van der Waals surface area (Å²) in [4.78, 5) is 14.2. The molecule has 1 atom stereocenters. The number of Topliss-reactive ketones (excluding diaryl/α,β-unsaturated/α-hetero) is 1. The van der Waals surface area contributed by atoms with E-state index >= 15 is 0 Å². The normalized spacial score (nSPS) is 18.8. The van der Waals surface area contributed by atoms with Crippen molar-refractivity contribution < 1.29 is 9.53 Å². The van der Waals surface area contributed by atoms with Crippen LogP contribution in [0.1, 0.15) is 28.8 Å². The van der Waals surface area contributed by atoms with Gasteiger partial charge in [-0.15, -0.1) is 0 Å². The largest absolute Gasteiger partial charge is 0.381 e. The summed E-state index contributed by atoms with van der Waals surface area (Å²) in [6.07, 6.45) is 2.29. The molecule has 1 aliphatic heterocycles. The van der Waals surface area contributed by atoms with Crippen LogP contribution in [-0.2, 0) is 4.74 Å². The number of nitrogens with zero attached hydrogens (tertiary/aromatic N) is 2. The lowest BCUT2D eigenvalue weighted by Crippen LogP contribution is -2.34. The molecule has 2 rings (SSSR count). The summed E-state index contributed by atoms with van der Waals surface area (Å²) in [7, 11) is 1.97. The quantitative estimate of drug-likeness (QED) is 0.770. The van der Waals surface area contributed by atoms with Gasteiger partial charge in [-0.1, -0.05) is 12.1 Å². The average molecular weight is 272 g/mol. The van der Waals surface area contributed by atoms with E-state index in [1.807, 2.05) is 7.05 Å². The van der Waals surface area contributed by atoms with E-state index in [1.165, 1.54) is 6.42 Å². The molecule has 106 valence electrons. The smallest absolute Gasteiger partial charge is 0.176 e. The first-order chi connectivity index (χ1) is 9.69. The topological polar surface area (TPSA) is 53.3 Å². The number of carbonyl (C=O) groups excluding carboxylic acids is 1. The Morgan fingerprint density at radius 3 is 2.80 bits per heavy atom. The SMILES string of the molecule is CN(CC(=O)c1ccc(C#N)cc1)CC1CCCOC1. The van der Waals surface area contributed by atoms with E-state index in [-0.39, 0.29) is 5.78 Å². The number of likely N-dealkylation sites (N-methyl/N-ethyl adjacent to an activating group) is 1. The minimum absolute atomic E-state index is 0.0914. The molecule has 1 aromatic carbocycles. The third kappa shape index (κ3) is 4.16. The van der Waals surface area contributed by atoms with Gasteiger partial charge in [-0.25, -0.2) is 0 Å². The molecule has 0 amide bonds. The molecule has 1 aromatic rings. The van der Waals surface area contributed by atoms with Crippen LogP contribution in [0.5, 0.6) is 0 Å². The maximum atomic E-state index is 12.1. The van der Waals surface area contributed by atoms with Crippen LogP contribution in [0.15, 0.2) is 24.3 Å². The highest BCUT2D eigenvalue weighted by Crippen LogP contribution is 2.14. The van der Waals surface area contributed by atoms with Gasteiger partial charge < -0.3 is 4.74 Å². The van der Waals surface area contributed by atoms with E-state index < -0.39 is 0 Å². The Balaban J connectivity index is 1.84. The molecule has 0 aromatic heterocycles. The van der Waals surface area contributed by atoms with Crippen LogP contribution in [-0.4, -0.2) is 44.0 Å². The maximum Gasteiger partial charge on any atom is 0.176 e. The molecule has 0 saturated carbocycles. The molecular weight excluding hydrogens is 252 g/mol.